The van der Waals surface area contributed by atoms with Gasteiger partial charge in [0.05, 0.1) is 6.54 Å². The van der Waals surface area contributed by atoms with Crippen LogP contribution >= 0.6 is 0 Å². The first kappa shape index (κ1) is 27.2. The van der Waals surface area contributed by atoms with Gasteiger partial charge in [0, 0.05) is 0 Å². The van der Waals surface area contributed by atoms with Gasteiger partial charge in [-0.3, -0.25) is 0 Å². The molecule has 1 aliphatic carbocycles. The summed E-state index contributed by atoms with van der Waals surface area (Å²) in [5.41, 5.74) is 10.3. The van der Waals surface area contributed by atoms with E-state index >= 15 is 0 Å². The smallest absolute Gasteiger partial charge is 0.680 e. The Morgan fingerprint density at radius 1 is 0.970 bits per heavy atom. The van der Waals surface area contributed by atoms with E-state index in [1.807, 2.05) is 36.4 Å². The molecule has 4 nitrogen and oxygen atoms in total. The van der Waals surface area contributed by atoms with E-state index in [1.54, 1.807) is 12.1 Å². The predicted octanol–water partition coefficient (Wildman–Crippen LogP) is 3.49. The Kier molecular flexibility index (Phi) is 11.8. The maximum atomic E-state index is 12.8. The third kappa shape index (κ3) is 9.02. The van der Waals surface area contributed by atoms with E-state index in [1.165, 1.54) is 23.3 Å². The summed E-state index contributed by atoms with van der Waals surface area (Å²) in [6, 6.07) is 21.1. The average Bonchev–Trinajstić information content (AvgIpc) is 2.83. The Morgan fingerprint density at radius 3 is 2.39 bits per heavy atom. The first-order valence-corrected chi connectivity index (χ1v) is 10.5. The fraction of sp³-hybridized carbons (Fsp3) is 0.192. The number of allylic oxidation sites excluding steroid dienone is 1. The standard InChI is InChI=1S/C17H15FN.C9H11FN2O.K/c18-15-10-8-13(9-11-15)12-19-17-7-3-5-14-4-1-2-6-16(14)17;10-12(9(11)13)7-6-8-4-2-1-3-5-8;/h2-3,5-11H,1,4,12H2;1-5H,6-7H2,(H2,11,13);/q-1;;+1. The summed E-state index contributed by atoms with van der Waals surface area (Å²) >= 11 is 0. The topological polar surface area (TPSA) is 60.4 Å². The molecule has 0 atom stereocenters. The third-order valence-electron chi connectivity index (χ3n) is 5.06. The minimum atomic E-state index is -1.05. The molecule has 1 aliphatic rings. The van der Waals surface area contributed by atoms with E-state index in [0.717, 1.165) is 29.7 Å². The van der Waals surface area contributed by atoms with Crippen LogP contribution in [-0.4, -0.2) is 17.7 Å². The van der Waals surface area contributed by atoms with E-state index in [4.69, 9.17) is 5.73 Å². The van der Waals surface area contributed by atoms with E-state index < -0.39 is 6.03 Å². The zero-order chi connectivity index (χ0) is 22.8. The SMILES string of the molecule is Fc1ccc(C[N-]c2cccc3c2C=CCC3)cc1.NC(=O)N(F)CCc1ccccc1.[K+]. The first-order chi connectivity index (χ1) is 15.5. The van der Waals surface area contributed by atoms with Crippen LogP contribution in [-0.2, 0) is 19.4 Å². The zero-order valence-corrected chi connectivity index (χ0v) is 21.9. The second-order valence-corrected chi connectivity index (χ2v) is 7.39. The van der Waals surface area contributed by atoms with Crippen LogP contribution in [0.15, 0.2) is 78.9 Å². The van der Waals surface area contributed by atoms with Crippen LogP contribution in [0, 0.1) is 5.82 Å². The van der Waals surface area contributed by atoms with Crippen molar-refractivity contribution in [3.8, 4) is 0 Å². The number of aryl methyl sites for hydroxylation is 1. The van der Waals surface area contributed by atoms with Crippen LogP contribution in [0.25, 0.3) is 11.4 Å². The summed E-state index contributed by atoms with van der Waals surface area (Å²) in [5.74, 6) is -0.205. The van der Waals surface area contributed by atoms with Crippen molar-refractivity contribution in [1.82, 2.24) is 5.12 Å². The molecule has 0 saturated carbocycles. The van der Waals surface area contributed by atoms with Gasteiger partial charge in [-0.1, -0.05) is 82.9 Å². The Labute approximate surface area is 236 Å². The van der Waals surface area contributed by atoms with Gasteiger partial charge in [-0.05, 0) is 48.1 Å². The molecule has 3 aromatic carbocycles. The zero-order valence-electron chi connectivity index (χ0n) is 18.8. The number of carbonyl (C=O) groups is 1. The molecule has 166 valence electrons. The van der Waals surface area contributed by atoms with Crippen molar-refractivity contribution in [1.29, 1.82) is 0 Å². The maximum Gasteiger partial charge on any atom is 1.00 e. The Morgan fingerprint density at radius 2 is 1.70 bits per heavy atom. The number of carbonyl (C=O) groups excluding carboxylic acids is 1. The first-order valence-electron chi connectivity index (χ1n) is 10.5. The number of nitrogens with two attached hydrogens (primary N) is 1. The molecule has 0 heterocycles. The number of hydrogen-bond acceptors (Lipinski definition) is 1. The molecule has 3 aromatic rings. The molecular weight excluding hydrogens is 447 g/mol. The van der Waals surface area contributed by atoms with Gasteiger partial charge in [-0.2, -0.15) is 5.12 Å². The molecule has 2 amide bonds. The summed E-state index contributed by atoms with van der Waals surface area (Å²) in [7, 11) is 0. The van der Waals surface area contributed by atoms with Crippen molar-refractivity contribution in [3.63, 3.8) is 0 Å². The molecule has 0 fully saturated rings. The second-order valence-electron chi connectivity index (χ2n) is 7.39. The fourth-order valence-corrected chi connectivity index (χ4v) is 3.34. The van der Waals surface area contributed by atoms with E-state index in [-0.39, 0.29) is 68.9 Å². The second kappa shape index (κ2) is 14.3. The van der Waals surface area contributed by atoms with Crippen LogP contribution in [0.2, 0.25) is 0 Å². The molecule has 4 rings (SSSR count). The Hall–Kier alpha value is -2.03. The minimum absolute atomic E-state index is 0. The molecule has 0 aliphatic heterocycles. The van der Waals surface area contributed by atoms with Gasteiger partial charge in [-0.15, -0.1) is 12.2 Å². The number of halogens is 2. The Balaban J connectivity index is 0.000000244. The molecule has 0 saturated heterocycles. The third-order valence-corrected chi connectivity index (χ3v) is 5.06. The summed E-state index contributed by atoms with van der Waals surface area (Å²) in [5, 5.41) is 4.65. The summed E-state index contributed by atoms with van der Waals surface area (Å²) in [6.45, 7) is 0.587. The van der Waals surface area contributed by atoms with Gasteiger partial charge in [-0.25, -0.2) is 9.18 Å². The van der Waals surface area contributed by atoms with E-state index in [0.29, 0.717) is 13.0 Å². The number of primary amides is 1. The number of amides is 2. The van der Waals surface area contributed by atoms with Gasteiger partial charge in [0.15, 0.2) is 0 Å². The van der Waals surface area contributed by atoms with Crippen LogP contribution in [0.5, 0.6) is 0 Å². The minimum Gasteiger partial charge on any atom is -0.680 e. The van der Waals surface area contributed by atoms with Crippen molar-refractivity contribution in [2.24, 2.45) is 5.73 Å². The monoisotopic (exact) mass is 473 g/mol. The molecule has 2 N–H and O–H groups in total. The molecule has 0 bridgehead atoms. The number of benzene rings is 3. The number of urea groups is 1. The molecule has 7 heteroatoms. The van der Waals surface area contributed by atoms with Crippen molar-refractivity contribution in [2.45, 2.75) is 25.8 Å². The summed E-state index contributed by atoms with van der Waals surface area (Å²) in [6.07, 6.45) is 7.02. The van der Waals surface area contributed by atoms with Crippen molar-refractivity contribution in [3.05, 3.63) is 112 Å². The number of hydrogen-bond donors (Lipinski definition) is 1. The normalized spacial score (nSPS) is 11.3. The van der Waals surface area contributed by atoms with Crippen molar-refractivity contribution in [2.75, 3.05) is 6.54 Å². The molecule has 0 aromatic heterocycles. The number of nitrogens with zero attached hydrogens (tertiary/aromatic N) is 2. The van der Waals surface area contributed by atoms with Crippen LogP contribution in [0.3, 0.4) is 0 Å². The van der Waals surface area contributed by atoms with Crippen LogP contribution in [0.4, 0.5) is 19.4 Å². The van der Waals surface area contributed by atoms with Gasteiger partial charge >= 0.3 is 57.4 Å². The Bertz CT molecular complexity index is 1040. The van der Waals surface area contributed by atoms with Gasteiger partial charge in [0.25, 0.3) is 0 Å². The van der Waals surface area contributed by atoms with Gasteiger partial charge in [0.1, 0.15) is 5.82 Å². The van der Waals surface area contributed by atoms with Gasteiger partial charge in [0.2, 0.25) is 0 Å². The molecule has 0 unspecified atom stereocenters. The van der Waals surface area contributed by atoms with E-state index in [2.05, 4.69) is 29.6 Å². The fourth-order valence-electron chi connectivity index (χ4n) is 3.34. The predicted molar refractivity (Wildman–Crippen MR) is 124 cm³/mol. The van der Waals surface area contributed by atoms with Crippen molar-refractivity contribution < 1.29 is 65.1 Å². The summed E-state index contributed by atoms with van der Waals surface area (Å²) < 4.78 is 25.4. The quantitative estimate of drug-likeness (QED) is 0.432. The molecule has 33 heavy (non-hydrogen) atoms. The maximum absolute atomic E-state index is 12.8. The van der Waals surface area contributed by atoms with Gasteiger partial charge < -0.3 is 11.1 Å². The van der Waals surface area contributed by atoms with Crippen LogP contribution < -0.4 is 57.1 Å². The number of fused-ring (bicyclic) bond motifs is 1. The molecule has 0 radical (unpaired) electrons. The molecule has 0 spiro atoms. The molecular formula is C26H26F2KN3O. The number of rotatable bonds is 6. The van der Waals surface area contributed by atoms with Crippen LogP contribution in [0.1, 0.15) is 28.7 Å². The largest absolute Gasteiger partial charge is 1.00 e. The average molecular weight is 474 g/mol. The van der Waals surface area contributed by atoms with E-state index in [9.17, 15) is 13.7 Å². The summed E-state index contributed by atoms with van der Waals surface area (Å²) in [4.78, 5) is 10.3. The van der Waals surface area contributed by atoms with Crippen molar-refractivity contribution >= 4 is 17.8 Å².